The number of hydrogen-bond donors (Lipinski definition) is 0. The minimum Gasteiger partial charge on any atom is -0.313 e. The van der Waals surface area contributed by atoms with Crippen molar-refractivity contribution in [2.75, 3.05) is 5.88 Å². The number of aromatic nitrogens is 3. The van der Waals surface area contributed by atoms with Gasteiger partial charge in [-0.3, -0.25) is 0 Å². The van der Waals surface area contributed by atoms with Crippen LogP contribution in [0.2, 0.25) is 0 Å². The second-order valence-electron chi connectivity index (χ2n) is 5.50. The first kappa shape index (κ1) is 12.9. The maximum atomic E-state index is 5.90. The highest BCUT2D eigenvalue weighted by Crippen LogP contribution is 2.30. The van der Waals surface area contributed by atoms with Crippen molar-refractivity contribution >= 4 is 22.8 Å². The molecule has 2 heterocycles. The second kappa shape index (κ2) is 5.49. The Morgan fingerprint density at radius 1 is 1.42 bits per heavy atom. The number of nitrogens with zero attached hydrogens (tertiary/aromatic N) is 3. The molecule has 1 aliphatic rings. The van der Waals surface area contributed by atoms with Crippen molar-refractivity contribution in [2.45, 2.75) is 45.6 Å². The predicted molar refractivity (Wildman–Crippen MR) is 78.6 cm³/mol. The van der Waals surface area contributed by atoms with Crippen LogP contribution in [0.25, 0.3) is 11.2 Å². The maximum absolute atomic E-state index is 5.90. The highest BCUT2D eigenvalue weighted by atomic mass is 35.5. The quantitative estimate of drug-likeness (QED) is 0.780. The van der Waals surface area contributed by atoms with Crippen LogP contribution in [-0.2, 0) is 13.0 Å². The molecule has 1 fully saturated rings. The van der Waals surface area contributed by atoms with Gasteiger partial charge in [0.15, 0.2) is 5.65 Å². The first-order valence-electron chi connectivity index (χ1n) is 7.16. The smallest absolute Gasteiger partial charge is 0.160 e. The van der Waals surface area contributed by atoms with Crippen LogP contribution in [0.4, 0.5) is 0 Å². The van der Waals surface area contributed by atoms with Gasteiger partial charge in [0.2, 0.25) is 0 Å². The molecule has 0 atom stereocenters. The standard InChI is InChI=1S/C15H20ClN3/c1-11-6-9-17-15-14(11)18-13(5-8-16)19(15)10-7-12-3-2-4-12/h6,9,12H,2-5,7-8,10H2,1H3. The first-order valence-corrected chi connectivity index (χ1v) is 7.69. The zero-order valence-corrected chi connectivity index (χ0v) is 12.2. The Morgan fingerprint density at radius 3 is 2.95 bits per heavy atom. The van der Waals surface area contributed by atoms with Crippen molar-refractivity contribution in [2.24, 2.45) is 5.92 Å². The van der Waals surface area contributed by atoms with Crippen molar-refractivity contribution in [3.8, 4) is 0 Å². The molecule has 2 aromatic heterocycles. The van der Waals surface area contributed by atoms with Gasteiger partial charge in [-0.25, -0.2) is 9.97 Å². The fourth-order valence-corrected chi connectivity index (χ4v) is 2.96. The summed E-state index contributed by atoms with van der Waals surface area (Å²) in [6.45, 7) is 3.13. The van der Waals surface area contributed by atoms with E-state index in [2.05, 4.69) is 16.5 Å². The first-order chi connectivity index (χ1) is 9.29. The van der Waals surface area contributed by atoms with E-state index in [-0.39, 0.29) is 0 Å². The van der Waals surface area contributed by atoms with E-state index in [1.807, 2.05) is 12.3 Å². The van der Waals surface area contributed by atoms with E-state index < -0.39 is 0 Å². The summed E-state index contributed by atoms with van der Waals surface area (Å²) in [6.07, 6.45) is 8.14. The highest BCUT2D eigenvalue weighted by Gasteiger charge is 2.19. The third-order valence-electron chi connectivity index (χ3n) is 4.22. The van der Waals surface area contributed by atoms with Crippen molar-refractivity contribution in [1.29, 1.82) is 0 Å². The number of pyridine rings is 1. The largest absolute Gasteiger partial charge is 0.313 e. The molecule has 19 heavy (non-hydrogen) atoms. The molecule has 0 N–H and O–H groups in total. The lowest BCUT2D eigenvalue weighted by molar-refractivity contribution is 0.282. The Labute approximate surface area is 119 Å². The summed E-state index contributed by atoms with van der Waals surface area (Å²) in [5, 5.41) is 0. The molecular formula is C15H20ClN3. The van der Waals surface area contributed by atoms with Crippen molar-refractivity contribution in [3.63, 3.8) is 0 Å². The van der Waals surface area contributed by atoms with E-state index in [0.29, 0.717) is 5.88 Å². The summed E-state index contributed by atoms with van der Waals surface area (Å²) in [5.41, 5.74) is 3.26. The van der Waals surface area contributed by atoms with Crippen LogP contribution >= 0.6 is 11.6 Å². The molecule has 0 radical (unpaired) electrons. The topological polar surface area (TPSA) is 30.7 Å². The van der Waals surface area contributed by atoms with Crippen LogP contribution in [0.3, 0.4) is 0 Å². The average molecular weight is 278 g/mol. The summed E-state index contributed by atoms with van der Waals surface area (Å²) in [7, 11) is 0. The average Bonchev–Trinajstić information content (AvgIpc) is 2.68. The number of imidazole rings is 1. The zero-order valence-electron chi connectivity index (χ0n) is 11.4. The molecule has 0 aliphatic heterocycles. The van der Waals surface area contributed by atoms with Crippen LogP contribution in [0, 0.1) is 12.8 Å². The molecule has 102 valence electrons. The van der Waals surface area contributed by atoms with Gasteiger partial charge in [-0.1, -0.05) is 19.3 Å². The van der Waals surface area contributed by atoms with Crippen molar-refractivity contribution in [1.82, 2.24) is 14.5 Å². The lowest BCUT2D eigenvalue weighted by Crippen LogP contribution is -2.15. The SMILES string of the molecule is Cc1ccnc2c1nc(CCCl)n2CCC1CCC1. The summed E-state index contributed by atoms with van der Waals surface area (Å²) < 4.78 is 2.28. The van der Waals surface area contributed by atoms with Gasteiger partial charge in [0, 0.05) is 25.0 Å². The number of hydrogen-bond acceptors (Lipinski definition) is 2. The molecular weight excluding hydrogens is 258 g/mol. The third kappa shape index (κ3) is 2.48. The molecule has 3 rings (SSSR count). The van der Waals surface area contributed by atoms with Crippen LogP contribution < -0.4 is 0 Å². The monoisotopic (exact) mass is 277 g/mol. The summed E-state index contributed by atoms with van der Waals surface area (Å²) >= 11 is 5.90. The zero-order chi connectivity index (χ0) is 13.2. The number of alkyl halides is 1. The van der Waals surface area contributed by atoms with Gasteiger partial charge in [-0.15, -0.1) is 11.6 Å². The fraction of sp³-hybridized carbons (Fsp3) is 0.600. The minimum absolute atomic E-state index is 0.617. The molecule has 2 aromatic rings. The Bertz CT molecular complexity index is 572. The van der Waals surface area contributed by atoms with E-state index in [1.165, 1.54) is 31.2 Å². The predicted octanol–water partition coefficient (Wildman–Crippen LogP) is 3.71. The van der Waals surface area contributed by atoms with E-state index >= 15 is 0 Å². The van der Waals surface area contributed by atoms with Crippen LogP contribution in [-0.4, -0.2) is 20.4 Å². The van der Waals surface area contributed by atoms with Gasteiger partial charge in [-0.2, -0.15) is 0 Å². The second-order valence-corrected chi connectivity index (χ2v) is 5.88. The normalized spacial score (nSPS) is 15.9. The molecule has 1 saturated carbocycles. The lowest BCUT2D eigenvalue weighted by Gasteiger charge is -2.25. The van der Waals surface area contributed by atoms with Gasteiger partial charge < -0.3 is 4.57 Å². The van der Waals surface area contributed by atoms with E-state index in [0.717, 1.165) is 35.9 Å². The molecule has 0 unspecified atom stereocenters. The fourth-order valence-electron chi connectivity index (χ4n) is 2.79. The molecule has 0 saturated heterocycles. The minimum atomic E-state index is 0.617. The Hall–Kier alpha value is -1.09. The van der Waals surface area contributed by atoms with E-state index in [4.69, 9.17) is 16.6 Å². The van der Waals surface area contributed by atoms with Gasteiger partial charge in [0.25, 0.3) is 0 Å². The van der Waals surface area contributed by atoms with E-state index in [9.17, 15) is 0 Å². The van der Waals surface area contributed by atoms with Gasteiger partial charge >= 0.3 is 0 Å². The number of rotatable bonds is 5. The summed E-state index contributed by atoms with van der Waals surface area (Å²) in [5.74, 6) is 2.61. The lowest BCUT2D eigenvalue weighted by atomic mass is 9.83. The summed E-state index contributed by atoms with van der Waals surface area (Å²) in [4.78, 5) is 9.26. The molecule has 0 amide bonds. The van der Waals surface area contributed by atoms with Crippen LogP contribution in [0.15, 0.2) is 12.3 Å². The maximum Gasteiger partial charge on any atom is 0.160 e. The third-order valence-corrected chi connectivity index (χ3v) is 4.41. The highest BCUT2D eigenvalue weighted by molar-refractivity contribution is 6.17. The molecule has 4 heteroatoms. The van der Waals surface area contributed by atoms with Crippen LogP contribution in [0.1, 0.15) is 37.1 Å². The van der Waals surface area contributed by atoms with Crippen molar-refractivity contribution in [3.05, 3.63) is 23.7 Å². The Morgan fingerprint density at radius 2 is 2.26 bits per heavy atom. The summed E-state index contributed by atoms with van der Waals surface area (Å²) in [6, 6.07) is 2.02. The van der Waals surface area contributed by atoms with Crippen molar-refractivity contribution < 1.29 is 0 Å². The number of fused-ring (bicyclic) bond motifs is 1. The molecule has 3 nitrogen and oxygen atoms in total. The van der Waals surface area contributed by atoms with Gasteiger partial charge in [-0.05, 0) is 30.9 Å². The Balaban J connectivity index is 1.93. The number of aryl methyl sites for hydroxylation is 3. The van der Waals surface area contributed by atoms with Gasteiger partial charge in [0.1, 0.15) is 11.3 Å². The molecule has 0 spiro atoms. The van der Waals surface area contributed by atoms with Crippen LogP contribution in [0.5, 0.6) is 0 Å². The molecule has 0 bridgehead atoms. The van der Waals surface area contributed by atoms with Gasteiger partial charge in [0.05, 0.1) is 0 Å². The molecule has 0 aromatic carbocycles. The molecule has 1 aliphatic carbocycles. The Kier molecular flexibility index (Phi) is 3.74. The van der Waals surface area contributed by atoms with E-state index in [1.54, 1.807) is 0 Å². The number of halogens is 1.